The van der Waals surface area contributed by atoms with Crippen molar-refractivity contribution >= 4 is 35.0 Å². The Balaban J connectivity index is 1.76. The predicted octanol–water partition coefficient (Wildman–Crippen LogP) is 5.96. The van der Waals surface area contributed by atoms with E-state index in [1.165, 1.54) is 16.9 Å². The molecule has 0 N–H and O–H groups in total. The lowest BCUT2D eigenvalue weighted by Crippen LogP contribution is -2.40. The highest BCUT2D eigenvalue weighted by molar-refractivity contribution is 7.07. The number of benzene rings is 2. The molecule has 0 radical (unpaired) electrons. The zero-order chi connectivity index (χ0) is 30.1. The fraction of sp³-hybridized carbons (Fsp3) is 0.303. The first-order valence-electron chi connectivity index (χ1n) is 14.0. The Morgan fingerprint density at radius 1 is 1.10 bits per heavy atom. The van der Waals surface area contributed by atoms with Crippen LogP contribution in [0.2, 0.25) is 5.02 Å². The normalized spacial score (nSPS) is 15.0. The summed E-state index contributed by atoms with van der Waals surface area (Å²) in [6.45, 7) is 10.2. The van der Waals surface area contributed by atoms with Crippen LogP contribution in [-0.2, 0) is 9.53 Å². The van der Waals surface area contributed by atoms with E-state index in [1.807, 2.05) is 19.9 Å². The van der Waals surface area contributed by atoms with Crippen molar-refractivity contribution in [3.63, 3.8) is 0 Å². The maximum Gasteiger partial charge on any atom is 0.338 e. The van der Waals surface area contributed by atoms with Gasteiger partial charge in [0.1, 0.15) is 11.8 Å². The lowest BCUT2D eigenvalue weighted by Gasteiger charge is -2.27. The summed E-state index contributed by atoms with van der Waals surface area (Å²) in [4.78, 5) is 33.1. The van der Waals surface area contributed by atoms with Crippen LogP contribution >= 0.6 is 22.9 Å². The SMILES string of the molecule is CCCC1=C(C(=O)OCC)[C@@H](c2cc(Cl)ccc2OC)n2c(s/c(=C/c3cc(C)n(-c4ccc(C)cc4)c3C)c2=O)=N1. The number of allylic oxidation sites excluding steroid dienone is 1. The van der Waals surface area contributed by atoms with Gasteiger partial charge in [-0.1, -0.05) is 54.0 Å². The van der Waals surface area contributed by atoms with Crippen LogP contribution in [0.3, 0.4) is 0 Å². The maximum atomic E-state index is 14.2. The first-order valence-corrected chi connectivity index (χ1v) is 15.2. The molecule has 42 heavy (non-hydrogen) atoms. The van der Waals surface area contributed by atoms with Crippen LogP contribution in [0.5, 0.6) is 5.75 Å². The molecule has 0 saturated carbocycles. The molecule has 7 nitrogen and oxygen atoms in total. The zero-order valence-electron chi connectivity index (χ0n) is 24.7. The molecular weight excluding hydrogens is 570 g/mol. The van der Waals surface area contributed by atoms with Crippen LogP contribution in [-0.4, -0.2) is 28.8 Å². The van der Waals surface area contributed by atoms with Crippen LogP contribution < -0.4 is 19.6 Å². The molecule has 0 aliphatic carbocycles. The van der Waals surface area contributed by atoms with Crippen LogP contribution in [0.15, 0.2) is 69.6 Å². The molecule has 1 aliphatic rings. The van der Waals surface area contributed by atoms with Crippen molar-refractivity contribution in [1.29, 1.82) is 0 Å². The number of halogens is 1. The molecule has 5 rings (SSSR count). The van der Waals surface area contributed by atoms with Gasteiger partial charge < -0.3 is 14.0 Å². The van der Waals surface area contributed by atoms with E-state index in [0.717, 1.165) is 29.1 Å². The van der Waals surface area contributed by atoms with Crippen molar-refractivity contribution in [2.24, 2.45) is 4.99 Å². The summed E-state index contributed by atoms with van der Waals surface area (Å²) in [5, 5.41) is 0.466. The van der Waals surface area contributed by atoms with Gasteiger partial charge in [-0.2, -0.15) is 0 Å². The van der Waals surface area contributed by atoms with Gasteiger partial charge in [-0.25, -0.2) is 9.79 Å². The van der Waals surface area contributed by atoms with Crippen LogP contribution in [0.25, 0.3) is 11.8 Å². The molecule has 0 bridgehead atoms. The standard InChI is InChI=1S/C33H34ClN3O4S/c1-7-9-26-29(32(39)41-8-2)30(25-18-23(34)12-15-27(25)40-6)37-31(38)28(42-33(37)35-26)17-22-16-20(4)36(21(22)5)24-13-10-19(3)11-14-24/h10-18,30H,7-9H2,1-6H3/b28-17+/t30-/m1/s1. The first kappa shape index (κ1) is 29.6. The topological polar surface area (TPSA) is 74.8 Å². The molecule has 0 unspecified atom stereocenters. The van der Waals surface area contributed by atoms with E-state index in [-0.39, 0.29) is 12.2 Å². The average Bonchev–Trinajstić information content (AvgIpc) is 3.42. The maximum absolute atomic E-state index is 14.2. The summed E-state index contributed by atoms with van der Waals surface area (Å²) < 4.78 is 15.5. The molecule has 1 aliphatic heterocycles. The Bertz CT molecular complexity index is 1880. The lowest BCUT2D eigenvalue weighted by molar-refractivity contribution is -0.139. The number of thiazole rings is 1. The number of nitrogens with zero attached hydrogens (tertiary/aromatic N) is 3. The van der Waals surface area contributed by atoms with Crippen molar-refractivity contribution < 1.29 is 14.3 Å². The van der Waals surface area contributed by atoms with Gasteiger partial charge in [-0.3, -0.25) is 9.36 Å². The molecule has 0 spiro atoms. The minimum absolute atomic E-state index is 0.197. The lowest BCUT2D eigenvalue weighted by atomic mass is 9.93. The fourth-order valence-corrected chi connectivity index (χ4v) is 6.69. The number of esters is 1. The largest absolute Gasteiger partial charge is 0.496 e. The third kappa shape index (κ3) is 5.37. The summed E-state index contributed by atoms with van der Waals surface area (Å²) in [6.07, 6.45) is 3.23. The van der Waals surface area contributed by atoms with Gasteiger partial charge in [0.2, 0.25) is 0 Å². The molecule has 0 fully saturated rings. The van der Waals surface area contributed by atoms with Crippen molar-refractivity contribution in [1.82, 2.24) is 9.13 Å². The van der Waals surface area contributed by atoms with Crippen molar-refractivity contribution in [2.75, 3.05) is 13.7 Å². The number of hydrogen-bond donors (Lipinski definition) is 0. The van der Waals surface area contributed by atoms with Gasteiger partial charge in [-0.05, 0) is 82.2 Å². The van der Waals surface area contributed by atoms with Gasteiger partial charge in [0.15, 0.2) is 4.80 Å². The molecule has 9 heteroatoms. The highest BCUT2D eigenvalue weighted by Gasteiger charge is 2.36. The Hall–Kier alpha value is -3.88. The number of hydrogen-bond acceptors (Lipinski definition) is 6. The van der Waals surface area contributed by atoms with E-state index in [9.17, 15) is 9.59 Å². The monoisotopic (exact) mass is 603 g/mol. The summed E-state index contributed by atoms with van der Waals surface area (Å²) in [6, 6.07) is 14.8. The van der Waals surface area contributed by atoms with Gasteiger partial charge in [0, 0.05) is 27.7 Å². The highest BCUT2D eigenvalue weighted by atomic mass is 35.5. The summed E-state index contributed by atoms with van der Waals surface area (Å²) in [5.74, 6) is 0.00724. The number of methoxy groups -OCH3 is 1. The minimum atomic E-state index is -0.808. The average molecular weight is 604 g/mol. The Morgan fingerprint density at radius 3 is 2.50 bits per heavy atom. The van der Waals surface area contributed by atoms with Crippen LogP contribution in [0.4, 0.5) is 0 Å². The molecule has 1 atom stereocenters. The molecular formula is C33H34ClN3O4S. The summed E-state index contributed by atoms with van der Waals surface area (Å²) in [5.41, 5.74) is 6.56. The number of aromatic nitrogens is 2. The number of carbonyl (C=O) groups is 1. The number of carbonyl (C=O) groups excluding carboxylic acids is 1. The Kier molecular flexibility index (Phi) is 8.57. The predicted molar refractivity (Wildman–Crippen MR) is 168 cm³/mol. The summed E-state index contributed by atoms with van der Waals surface area (Å²) in [7, 11) is 1.56. The van der Waals surface area contributed by atoms with Gasteiger partial charge in [0.25, 0.3) is 5.56 Å². The second-order valence-electron chi connectivity index (χ2n) is 10.3. The molecule has 3 heterocycles. The quantitative estimate of drug-likeness (QED) is 0.233. The number of rotatable bonds is 8. The molecule has 0 saturated heterocycles. The zero-order valence-corrected chi connectivity index (χ0v) is 26.2. The van der Waals surface area contributed by atoms with Crippen molar-refractivity contribution in [3.8, 4) is 11.4 Å². The molecule has 4 aromatic rings. The van der Waals surface area contributed by atoms with E-state index in [0.29, 0.717) is 43.4 Å². The summed E-state index contributed by atoms with van der Waals surface area (Å²) >= 11 is 7.76. The van der Waals surface area contributed by atoms with Crippen LogP contribution in [0, 0.1) is 20.8 Å². The Labute approximate surface area is 254 Å². The molecule has 2 aromatic heterocycles. The van der Waals surface area contributed by atoms with E-state index in [1.54, 1.807) is 36.8 Å². The van der Waals surface area contributed by atoms with E-state index < -0.39 is 12.0 Å². The minimum Gasteiger partial charge on any atom is -0.496 e. The molecule has 0 amide bonds. The van der Waals surface area contributed by atoms with E-state index >= 15 is 0 Å². The number of fused-ring (bicyclic) bond motifs is 1. The third-order valence-corrected chi connectivity index (χ3v) is 8.65. The Morgan fingerprint density at radius 2 is 1.83 bits per heavy atom. The van der Waals surface area contributed by atoms with Gasteiger partial charge >= 0.3 is 5.97 Å². The fourth-order valence-electron chi connectivity index (χ4n) is 5.50. The highest BCUT2D eigenvalue weighted by Crippen LogP contribution is 2.38. The van der Waals surface area contributed by atoms with E-state index in [4.69, 9.17) is 26.1 Å². The second kappa shape index (κ2) is 12.2. The van der Waals surface area contributed by atoms with E-state index in [2.05, 4.69) is 48.7 Å². The molecule has 2 aromatic carbocycles. The molecule has 218 valence electrons. The smallest absolute Gasteiger partial charge is 0.338 e. The van der Waals surface area contributed by atoms with Crippen LogP contribution in [0.1, 0.15) is 60.8 Å². The van der Waals surface area contributed by atoms with Crippen molar-refractivity contribution in [2.45, 2.75) is 53.5 Å². The second-order valence-corrected chi connectivity index (χ2v) is 11.7. The number of ether oxygens (including phenoxy) is 2. The van der Waals surface area contributed by atoms with Gasteiger partial charge in [0.05, 0.1) is 29.5 Å². The third-order valence-electron chi connectivity index (χ3n) is 7.43. The number of aryl methyl sites for hydroxylation is 2. The first-order chi connectivity index (χ1) is 20.2. The van der Waals surface area contributed by atoms with Crippen molar-refractivity contribution in [3.05, 3.63) is 113 Å². The van der Waals surface area contributed by atoms with Gasteiger partial charge in [-0.15, -0.1) is 0 Å².